The molecule has 120 valence electrons. The highest BCUT2D eigenvalue weighted by Gasteiger charge is 2.28. The molecule has 0 radical (unpaired) electrons. The number of benzene rings is 1. The van der Waals surface area contributed by atoms with Crippen LogP contribution < -0.4 is 14.8 Å². The van der Waals surface area contributed by atoms with Gasteiger partial charge in [-0.15, -0.1) is 0 Å². The summed E-state index contributed by atoms with van der Waals surface area (Å²) >= 11 is 0. The van der Waals surface area contributed by atoms with Crippen LogP contribution in [0.3, 0.4) is 0 Å². The molecule has 0 spiro atoms. The number of fused-ring (bicyclic) bond motifs is 1. The second-order valence-corrected chi connectivity index (χ2v) is 7.90. The molecule has 1 amide bonds. The van der Waals surface area contributed by atoms with Crippen molar-refractivity contribution in [1.29, 1.82) is 0 Å². The predicted molar refractivity (Wildman–Crippen MR) is 81.0 cm³/mol. The SMILES string of the molecule is O=C(Cc1ccc2c(c1)OCCCO2)NC1CCS(=O)(=O)C1. The first kappa shape index (κ1) is 15.1. The molecule has 3 rings (SSSR count). The van der Waals surface area contributed by atoms with Crippen LogP contribution in [0.2, 0.25) is 0 Å². The Bertz CT molecular complexity index is 671. The van der Waals surface area contributed by atoms with Crippen LogP contribution in [0.4, 0.5) is 0 Å². The molecule has 7 heteroatoms. The quantitative estimate of drug-likeness (QED) is 0.884. The summed E-state index contributed by atoms with van der Waals surface area (Å²) in [6.07, 6.45) is 1.53. The smallest absolute Gasteiger partial charge is 0.224 e. The average molecular weight is 325 g/mol. The van der Waals surface area contributed by atoms with Crippen molar-refractivity contribution in [3.63, 3.8) is 0 Å². The van der Waals surface area contributed by atoms with Crippen molar-refractivity contribution in [2.24, 2.45) is 0 Å². The van der Waals surface area contributed by atoms with Crippen LogP contribution in [-0.4, -0.2) is 45.1 Å². The van der Waals surface area contributed by atoms with E-state index in [1.165, 1.54) is 0 Å². The molecule has 6 nitrogen and oxygen atoms in total. The van der Waals surface area contributed by atoms with Crippen molar-refractivity contribution in [1.82, 2.24) is 5.32 Å². The van der Waals surface area contributed by atoms with Gasteiger partial charge in [-0.2, -0.15) is 0 Å². The van der Waals surface area contributed by atoms with Crippen molar-refractivity contribution in [3.05, 3.63) is 23.8 Å². The van der Waals surface area contributed by atoms with Crippen LogP contribution in [0.5, 0.6) is 11.5 Å². The third-order valence-electron chi connectivity index (χ3n) is 3.77. The molecule has 0 saturated carbocycles. The number of amides is 1. The minimum Gasteiger partial charge on any atom is -0.490 e. The Morgan fingerprint density at radius 1 is 1.23 bits per heavy atom. The normalized spacial score (nSPS) is 22.8. The minimum absolute atomic E-state index is 0.0415. The van der Waals surface area contributed by atoms with E-state index in [1.807, 2.05) is 18.2 Å². The Kier molecular flexibility index (Phi) is 4.24. The molecule has 2 aliphatic rings. The number of hydrogen-bond donors (Lipinski definition) is 1. The number of nitrogens with one attached hydrogen (secondary N) is 1. The first-order valence-electron chi connectivity index (χ1n) is 7.40. The zero-order chi connectivity index (χ0) is 15.6. The largest absolute Gasteiger partial charge is 0.490 e. The van der Waals surface area contributed by atoms with Crippen molar-refractivity contribution >= 4 is 15.7 Å². The fourth-order valence-corrected chi connectivity index (χ4v) is 4.36. The van der Waals surface area contributed by atoms with E-state index in [1.54, 1.807) is 0 Å². The van der Waals surface area contributed by atoms with Gasteiger partial charge in [0, 0.05) is 12.5 Å². The summed E-state index contributed by atoms with van der Waals surface area (Å²) in [6, 6.07) is 5.19. The predicted octanol–water partition coefficient (Wildman–Crippen LogP) is 0.694. The van der Waals surface area contributed by atoms with E-state index in [9.17, 15) is 13.2 Å². The van der Waals surface area contributed by atoms with E-state index < -0.39 is 9.84 Å². The van der Waals surface area contributed by atoms with Crippen LogP contribution in [-0.2, 0) is 21.1 Å². The Morgan fingerprint density at radius 3 is 2.73 bits per heavy atom. The van der Waals surface area contributed by atoms with E-state index in [0.29, 0.717) is 31.1 Å². The van der Waals surface area contributed by atoms with E-state index in [-0.39, 0.29) is 29.9 Å². The van der Waals surface area contributed by atoms with Crippen LogP contribution in [0.25, 0.3) is 0 Å². The molecular weight excluding hydrogens is 306 g/mol. The van der Waals surface area contributed by atoms with E-state index in [2.05, 4.69) is 5.32 Å². The summed E-state index contributed by atoms with van der Waals surface area (Å²) in [5.74, 6) is 1.38. The van der Waals surface area contributed by atoms with Gasteiger partial charge in [-0.25, -0.2) is 8.42 Å². The summed E-state index contributed by atoms with van der Waals surface area (Å²) < 4.78 is 33.9. The second-order valence-electron chi connectivity index (χ2n) is 5.68. The standard InChI is InChI=1S/C15H19NO5S/c17-15(16-12-4-7-22(18,19)10-12)9-11-2-3-13-14(8-11)21-6-1-5-20-13/h2-3,8,12H,1,4-7,9-10H2,(H,16,17). The zero-order valence-corrected chi connectivity index (χ0v) is 13.0. The third kappa shape index (κ3) is 3.71. The molecule has 22 heavy (non-hydrogen) atoms. The lowest BCUT2D eigenvalue weighted by molar-refractivity contribution is -0.121. The average Bonchev–Trinajstić information content (AvgIpc) is 2.67. The monoisotopic (exact) mass is 325 g/mol. The Balaban J connectivity index is 1.61. The Hall–Kier alpha value is -1.76. The molecule has 1 atom stereocenters. The number of rotatable bonds is 3. The van der Waals surface area contributed by atoms with E-state index in [4.69, 9.17) is 9.47 Å². The molecule has 1 aromatic carbocycles. The van der Waals surface area contributed by atoms with E-state index >= 15 is 0 Å². The molecule has 2 heterocycles. The van der Waals surface area contributed by atoms with Gasteiger partial charge in [-0.05, 0) is 24.1 Å². The molecule has 1 N–H and O–H groups in total. The summed E-state index contributed by atoms with van der Waals surface area (Å²) in [5.41, 5.74) is 0.822. The fourth-order valence-electron chi connectivity index (χ4n) is 2.69. The highest BCUT2D eigenvalue weighted by molar-refractivity contribution is 7.91. The van der Waals surface area contributed by atoms with Gasteiger partial charge in [-0.3, -0.25) is 4.79 Å². The van der Waals surface area contributed by atoms with Crippen molar-refractivity contribution in [2.75, 3.05) is 24.7 Å². The lowest BCUT2D eigenvalue weighted by Crippen LogP contribution is -2.36. The Labute approximate surface area is 129 Å². The van der Waals surface area contributed by atoms with Gasteiger partial charge >= 0.3 is 0 Å². The summed E-state index contributed by atoms with van der Waals surface area (Å²) in [5, 5.41) is 2.79. The Morgan fingerprint density at radius 2 is 2.00 bits per heavy atom. The first-order chi connectivity index (χ1) is 10.5. The lowest BCUT2D eigenvalue weighted by atomic mass is 10.1. The maximum Gasteiger partial charge on any atom is 0.224 e. The van der Waals surface area contributed by atoms with Gasteiger partial charge in [0.1, 0.15) is 0 Å². The minimum atomic E-state index is -2.98. The summed E-state index contributed by atoms with van der Waals surface area (Å²) in [6.45, 7) is 1.23. The van der Waals surface area contributed by atoms with Gasteiger partial charge in [0.05, 0.1) is 31.1 Å². The number of carbonyl (C=O) groups is 1. The molecule has 1 saturated heterocycles. The molecule has 1 fully saturated rings. The highest BCUT2D eigenvalue weighted by atomic mass is 32.2. The maximum atomic E-state index is 12.0. The van der Waals surface area contributed by atoms with Gasteiger partial charge in [0.25, 0.3) is 0 Å². The number of hydrogen-bond acceptors (Lipinski definition) is 5. The van der Waals surface area contributed by atoms with Gasteiger partial charge in [-0.1, -0.05) is 6.07 Å². The molecule has 0 aliphatic carbocycles. The second kappa shape index (κ2) is 6.16. The molecule has 0 aromatic heterocycles. The molecule has 1 unspecified atom stereocenters. The van der Waals surface area contributed by atoms with E-state index in [0.717, 1.165) is 12.0 Å². The number of sulfone groups is 1. The van der Waals surface area contributed by atoms with Gasteiger partial charge in [0.2, 0.25) is 5.91 Å². The molecular formula is C15H19NO5S. The van der Waals surface area contributed by atoms with Crippen LogP contribution in [0.1, 0.15) is 18.4 Å². The summed E-state index contributed by atoms with van der Waals surface area (Å²) in [4.78, 5) is 12.0. The maximum absolute atomic E-state index is 12.0. The van der Waals surface area contributed by atoms with Gasteiger partial charge in [0.15, 0.2) is 21.3 Å². The number of carbonyl (C=O) groups excluding carboxylic acids is 1. The van der Waals surface area contributed by atoms with Crippen molar-refractivity contribution in [3.8, 4) is 11.5 Å². The van der Waals surface area contributed by atoms with Gasteiger partial charge < -0.3 is 14.8 Å². The first-order valence-corrected chi connectivity index (χ1v) is 9.22. The van der Waals surface area contributed by atoms with Crippen LogP contribution in [0, 0.1) is 0 Å². The molecule has 0 bridgehead atoms. The van der Waals surface area contributed by atoms with Crippen molar-refractivity contribution < 1.29 is 22.7 Å². The summed E-state index contributed by atoms with van der Waals surface area (Å²) in [7, 11) is -2.98. The topological polar surface area (TPSA) is 81.7 Å². The molecule has 1 aromatic rings. The highest BCUT2D eigenvalue weighted by Crippen LogP contribution is 2.30. The number of ether oxygens (including phenoxy) is 2. The fraction of sp³-hybridized carbons (Fsp3) is 0.533. The molecule has 2 aliphatic heterocycles. The lowest BCUT2D eigenvalue weighted by Gasteiger charge is -2.12. The third-order valence-corrected chi connectivity index (χ3v) is 5.54. The van der Waals surface area contributed by atoms with Crippen LogP contribution >= 0.6 is 0 Å². The van der Waals surface area contributed by atoms with Crippen LogP contribution in [0.15, 0.2) is 18.2 Å². The van der Waals surface area contributed by atoms with Crippen molar-refractivity contribution in [2.45, 2.75) is 25.3 Å². The zero-order valence-electron chi connectivity index (χ0n) is 12.2.